The fourth-order valence-corrected chi connectivity index (χ4v) is 8.14. The molecule has 4 unspecified atom stereocenters. The Morgan fingerprint density at radius 2 is 1.90 bits per heavy atom. The summed E-state index contributed by atoms with van der Waals surface area (Å²) in [6.07, 6.45) is -3.40. The maximum Gasteiger partial charge on any atom is 0.413 e. The molecule has 2 fully saturated rings. The van der Waals surface area contributed by atoms with Gasteiger partial charge in [0, 0.05) is 5.41 Å². The largest absolute Gasteiger partial charge is 0.445 e. The maximum absolute atomic E-state index is 12.9. The molecule has 2 aromatic heterocycles. The molecule has 4 rings (SSSR count). The zero-order chi connectivity index (χ0) is 30.5. The van der Waals surface area contributed by atoms with Crippen LogP contribution in [0.1, 0.15) is 53.2 Å². The highest BCUT2D eigenvalue weighted by molar-refractivity contribution is 7.70. The number of carbonyl (C=O) groups is 1. The number of amides is 1. The van der Waals surface area contributed by atoms with E-state index in [0.29, 0.717) is 6.42 Å². The van der Waals surface area contributed by atoms with Crippen molar-refractivity contribution in [3.63, 3.8) is 0 Å². The number of aromatic nitrogens is 4. The fraction of sp³-hybridized carbons (Fsp3) is 0.727. The number of nitrogens with zero attached hydrogens (tertiary/aromatic N) is 4. The Morgan fingerprint density at radius 3 is 2.54 bits per heavy atom. The molecule has 1 aliphatic heterocycles. The lowest BCUT2D eigenvalue weighted by atomic mass is 9.67. The van der Waals surface area contributed by atoms with Crippen molar-refractivity contribution in [2.75, 3.05) is 17.8 Å². The molecule has 7 atom stereocenters. The Balaban J connectivity index is 1.51. The van der Waals surface area contributed by atoms with Gasteiger partial charge in [0.25, 0.3) is 0 Å². The van der Waals surface area contributed by atoms with Gasteiger partial charge in [-0.3, -0.25) is 19.0 Å². The van der Waals surface area contributed by atoms with Gasteiger partial charge in [0.1, 0.15) is 24.4 Å². The molecule has 3 heterocycles. The summed E-state index contributed by atoms with van der Waals surface area (Å²) in [5.74, 6) is -1.49. The van der Waals surface area contributed by atoms with Gasteiger partial charge in [-0.25, -0.2) is 9.78 Å². The summed E-state index contributed by atoms with van der Waals surface area (Å²) in [4.78, 5) is 52.8. The van der Waals surface area contributed by atoms with Crippen molar-refractivity contribution < 1.29 is 52.8 Å². The smallest absolute Gasteiger partial charge is 0.413 e. The number of halogens is 1. The maximum atomic E-state index is 12.9. The first kappa shape index (κ1) is 32.2. The van der Waals surface area contributed by atoms with Crippen LogP contribution in [0.5, 0.6) is 0 Å². The standard InChI is InChI=1S/C22H34ClN5O11P2/c1-5-22(4)12(6-7-21(22,2)3)39-20(31)26-16-13-17(27-19(23)25-16)28(9-24-13)18-15(30)14(29)11(38-18)8-37-41(35,36)10-40(32,33)34/h9,11-12,14-15,18,29-30H,5-8,10H2,1-4H3,(H,35,36)(H2,32,33,34)(H,25,26,27,31)/t11-,12?,14?,15?,18-,22+/m1/s1. The SMILES string of the molecule is CC[C@@]1(C)C(OC(=O)Nc2nc(Cl)nc3c2ncn3[C@@H]2O[C@H](COP(=O)(O)CP(=O)(O)O)C(O)C2O)CCC1(C)C. The van der Waals surface area contributed by atoms with E-state index in [1.807, 2.05) is 0 Å². The van der Waals surface area contributed by atoms with Gasteiger partial charge in [0.05, 0.1) is 12.9 Å². The number of rotatable bonds is 9. The topological polar surface area (TPSA) is 236 Å². The van der Waals surface area contributed by atoms with E-state index in [0.717, 1.165) is 12.8 Å². The van der Waals surface area contributed by atoms with Crippen LogP contribution in [0.4, 0.5) is 10.6 Å². The quantitative estimate of drug-likeness (QED) is 0.171. The summed E-state index contributed by atoms with van der Waals surface area (Å²) in [7, 11) is -9.60. The first-order valence-electron chi connectivity index (χ1n) is 12.8. The molecule has 1 saturated heterocycles. The summed E-state index contributed by atoms with van der Waals surface area (Å²) in [5, 5.41) is 23.4. The molecule has 16 nitrogen and oxygen atoms in total. The second-order valence-electron chi connectivity index (χ2n) is 11.2. The normalized spacial score (nSPS) is 31.3. The van der Waals surface area contributed by atoms with Crippen LogP contribution in [0.25, 0.3) is 11.2 Å². The third-order valence-corrected chi connectivity index (χ3v) is 11.9. The third kappa shape index (κ3) is 6.62. The van der Waals surface area contributed by atoms with Crippen LogP contribution in [0, 0.1) is 10.8 Å². The highest BCUT2D eigenvalue weighted by Crippen LogP contribution is 2.56. The van der Waals surface area contributed by atoms with Crippen LogP contribution in [0.15, 0.2) is 6.33 Å². The number of hydrogen-bond donors (Lipinski definition) is 6. The summed E-state index contributed by atoms with van der Waals surface area (Å²) < 4.78 is 40.4. The zero-order valence-electron chi connectivity index (χ0n) is 22.7. The molecule has 230 valence electrons. The second-order valence-corrected chi connectivity index (χ2v) is 15.5. The number of ether oxygens (including phenoxy) is 2. The number of anilines is 1. The molecule has 41 heavy (non-hydrogen) atoms. The summed E-state index contributed by atoms with van der Waals surface area (Å²) in [6, 6.07) is 0. The van der Waals surface area contributed by atoms with E-state index in [-0.39, 0.29) is 39.2 Å². The van der Waals surface area contributed by atoms with E-state index in [4.69, 9.17) is 35.4 Å². The number of nitrogens with one attached hydrogen (secondary N) is 1. The van der Waals surface area contributed by atoms with Crippen molar-refractivity contribution in [1.82, 2.24) is 19.5 Å². The Hall–Kier alpha value is -1.71. The van der Waals surface area contributed by atoms with Gasteiger partial charge in [-0.05, 0) is 36.3 Å². The number of imidazole rings is 1. The molecule has 0 radical (unpaired) electrons. The van der Waals surface area contributed by atoms with Crippen LogP contribution in [-0.4, -0.2) is 87.4 Å². The van der Waals surface area contributed by atoms with Gasteiger partial charge >= 0.3 is 21.3 Å². The van der Waals surface area contributed by atoms with Crippen molar-refractivity contribution in [1.29, 1.82) is 0 Å². The predicted molar refractivity (Wildman–Crippen MR) is 144 cm³/mol. The molecule has 1 saturated carbocycles. The molecule has 0 bridgehead atoms. The van der Waals surface area contributed by atoms with Gasteiger partial charge < -0.3 is 38.9 Å². The van der Waals surface area contributed by atoms with E-state index >= 15 is 0 Å². The molecular formula is C22H34ClN5O11P2. The lowest BCUT2D eigenvalue weighted by Crippen LogP contribution is -2.40. The molecule has 19 heteroatoms. The minimum absolute atomic E-state index is 0.0212. The highest BCUT2D eigenvalue weighted by atomic mass is 35.5. The minimum Gasteiger partial charge on any atom is -0.445 e. The molecule has 1 amide bonds. The Labute approximate surface area is 240 Å². The van der Waals surface area contributed by atoms with Crippen molar-refractivity contribution >= 4 is 49.9 Å². The van der Waals surface area contributed by atoms with Gasteiger partial charge in [0.2, 0.25) is 5.28 Å². The van der Waals surface area contributed by atoms with Crippen molar-refractivity contribution in [2.45, 2.75) is 77.6 Å². The van der Waals surface area contributed by atoms with Crippen LogP contribution < -0.4 is 5.32 Å². The lowest BCUT2D eigenvalue weighted by molar-refractivity contribution is -0.0483. The van der Waals surface area contributed by atoms with Crippen LogP contribution >= 0.6 is 26.8 Å². The average Bonchev–Trinajstić information content (AvgIpc) is 3.45. The van der Waals surface area contributed by atoms with Gasteiger partial charge in [-0.2, -0.15) is 9.97 Å². The van der Waals surface area contributed by atoms with Crippen molar-refractivity contribution in [2.24, 2.45) is 10.8 Å². The third-order valence-electron chi connectivity index (χ3n) is 8.30. The number of aliphatic hydroxyl groups excluding tert-OH is 2. The Morgan fingerprint density at radius 1 is 1.22 bits per heavy atom. The van der Waals surface area contributed by atoms with Crippen LogP contribution in [0.2, 0.25) is 5.28 Å². The molecular weight excluding hydrogens is 608 g/mol. The summed E-state index contributed by atoms with van der Waals surface area (Å²) >= 11 is 6.11. The van der Waals surface area contributed by atoms with Crippen LogP contribution in [0.3, 0.4) is 0 Å². The van der Waals surface area contributed by atoms with Gasteiger partial charge in [0.15, 0.2) is 29.1 Å². The van der Waals surface area contributed by atoms with E-state index < -0.39 is 58.3 Å². The summed E-state index contributed by atoms with van der Waals surface area (Å²) in [5.41, 5.74) is -0.169. The Bertz CT molecular complexity index is 1400. The molecule has 1 aliphatic carbocycles. The highest BCUT2D eigenvalue weighted by Gasteiger charge is 2.52. The number of fused-ring (bicyclic) bond motifs is 1. The second kappa shape index (κ2) is 11.4. The monoisotopic (exact) mass is 641 g/mol. The molecule has 0 aromatic carbocycles. The number of aliphatic hydroxyl groups is 2. The fourth-order valence-electron chi connectivity index (χ4n) is 5.41. The molecule has 6 N–H and O–H groups in total. The van der Waals surface area contributed by atoms with Gasteiger partial charge in [-0.15, -0.1) is 0 Å². The summed E-state index contributed by atoms with van der Waals surface area (Å²) in [6.45, 7) is 7.68. The first-order valence-corrected chi connectivity index (χ1v) is 16.7. The number of hydrogen-bond acceptors (Lipinski definition) is 11. The van der Waals surface area contributed by atoms with Crippen molar-refractivity contribution in [3.8, 4) is 0 Å². The van der Waals surface area contributed by atoms with E-state index in [1.165, 1.54) is 10.9 Å². The van der Waals surface area contributed by atoms with Crippen molar-refractivity contribution in [3.05, 3.63) is 11.6 Å². The van der Waals surface area contributed by atoms with E-state index in [2.05, 4.69) is 48.0 Å². The molecule has 2 aromatic rings. The number of carbonyl (C=O) groups excluding carboxylic acids is 1. The zero-order valence-corrected chi connectivity index (χ0v) is 25.3. The van der Waals surface area contributed by atoms with Gasteiger partial charge in [-0.1, -0.05) is 27.7 Å². The average molecular weight is 642 g/mol. The molecule has 0 spiro atoms. The predicted octanol–water partition coefficient (Wildman–Crippen LogP) is 2.59. The van der Waals surface area contributed by atoms with Crippen LogP contribution in [-0.2, 0) is 23.1 Å². The van der Waals surface area contributed by atoms with E-state index in [9.17, 15) is 29.0 Å². The first-order chi connectivity index (χ1) is 18.9. The lowest BCUT2D eigenvalue weighted by Gasteiger charge is -2.41. The minimum atomic E-state index is -4.87. The van der Waals surface area contributed by atoms with E-state index in [1.54, 1.807) is 0 Å². The Kier molecular flexibility index (Phi) is 8.97. The molecule has 2 aliphatic rings.